The van der Waals surface area contributed by atoms with Crippen LogP contribution in [0.25, 0.3) is 0 Å². The van der Waals surface area contributed by atoms with E-state index >= 15 is 0 Å². The van der Waals surface area contributed by atoms with Crippen molar-refractivity contribution in [3.8, 4) is 5.75 Å². The smallest absolute Gasteiger partial charge is 0.328 e. The molecule has 9 N–H and O–H groups in total. The third-order valence-corrected chi connectivity index (χ3v) is 5.73. The number of hydrogen-bond acceptors (Lipinski definition) is 8. The van der Waals surface area contributed by atoms with E-state index in [1.165, 1.54) is 31.6 Å². The van der Waals surface area contributed by atoms with Gasteiger partial charge in [0.2, 0.25) is 17.7 Å². The van der Waals surface area contributed by atoms with Crippen LogP contribution in [0, 0.1) is 5.92 Å². The summed E-state index contributed by atoms with van der Waals surface area (Å²) in [6.45, 7) is 4.94. The van der Waals surface area contributed by atoms with Crippen LogP contribution in [0.5, 0.6) is 5.75 Å². The number of hydrogen-bond donors (Lipinski definition) is 8. The molecule has 2 rings (SSSR count). The standard InChI is InChI=1S/C25H36N6O7/c1-13(2)8-19(29-22(34)18(26)9-15-4-6-17(33)7-5-15)23(35)30-20(10-16-11-27-12-28-16)24(36)31-21(14(3)32)25(37)38/h4-7,11-14,18-21,32-33H,8-10,26H2,1-3H3,(H,27,28)(H,29,34)(H,30,35)(H,31,36)(H,37,38). The molecule has 0 saturated heterocycles. The number of nitrogens with two attached hydrogens (primary N) is 1. The molecule has 0 fully saturated rings. The number of imidazole rings is 1. The van der Waals surface area contributed by atoms with E-state index in [0.29, 0.717) is 5.69 Å². The van der Waals surface area contributed by atoms with Crippen molar-refractivity contribution >= 4 is 23.7 Å². The highest BCUT2D eigenvalue weighted by atomic mass is 16.4. The van der Waals surface area contributed by atoms with E-state index < -0.39 is 54.0 Å². The summed E-state index contributed by atoms with van der Waals surface area (Å²) >= 11 is 0. The van der Waals surface area contributed by atoms with Crippen molar-refractivity contribution in [1.82, 2.24) is 25.9 Å². The molecular formula is C25H36N6O7. The van der Waals surface area contributed by atoms with E-state index in [1.807, 2.05) is 13.8 Å². The average molecular weight is 533 g/mol. The monoisotopic (exact) mass is 532 g/mol. The highest BCUT2D eigenvalue weighted by Crippen LogP contribution is 2.12. The SMILES string of the molecule is CC(C)CC(NC(=O)C(N)Cc1ccc(O)cc1)C(=O)NC(Cc1cnc[nH]1)C(=O)NC(C(=O)O)C(C)O. The Morgan fingerprint density at radius 1 is 0.947 bits per heavy atom. The van der Waals surface area contributed by atoms with E-state index in [-0.39, 0.29) is 30.9 Å². The Labute approximate surface area is 220 Å². The molecule has 1 heterocycles. The lowest BCUT2D eigenvalue weighted by atomic mass is 10.0. The van der Waals surface area contributed by atoms with Crippen LogP contribution in [0.1, 0.15) is 38.4 Å². The zero-order valence-electron chi connectivity index (χ0n) is 21.5. The predicted octanol–water partition coefficient (Wildman–Crippen LogP) is -0.806. The molecule has 0 saturated carbocycles. The second-order valence-electron chi connectivity index (χ2n) is 9.58. The first kappa shape index (κ1) is 30.3. The lowest BCUT2D eigenvalue weighted by Gasteiger charge is -2.26. The number of nitrogens with one attached hydrogen (secondary N) is 4. The first-order valence-corrected chi connectivity index (χ1v) is 12.2. The number of aromatic hydroxyl groups is 1. The number of rotatable bonds is 14. The molecule has 0 aliphatic heterocycles. The van der Waals surface area contributed by atoms with Crippen LogP contribution in [0.2, 0.25) is 0 Å². The minimum atomic E-state index is -1.59. The third kappa shape index (κ3) is 9.48. The van der Waals surface area contributed by atoms with Crippen molar-refractivity contribution in [3.63, 3.8) is 0 Å². The first-order chi connectivity index (χ1) is 17.9. The van der Waals surface area contributed by atoms with Gasteiger partial charge in [-0.1, -0.05) is 26.0 Å². The van der Waals surface area contributed by atoms with Crippen LogP contribution >= 0.6 is 0 Å². The lowest BCUT2D eigenvalue weighted by molar-refractivity contribution is -0.145. The van der Waals surface area contributed by atoms with Crippen molar-refractivity contribution in [2.75, 3.05) is 0 Å². The van der Waals surface area contributed by atoms with E-state index in [2.05, 4.69) is 25.9 Å². The van der Waals surface area contributed by atoms with Gasteiger partial charge in [0.05, 0.1) is 18.5 Å². The molecule has 0 aliphatic rings. The largest absolute Gasteiger partial charge is 0.508 e. The number of H-pyrrole nitrogens is 1. The molecule has 0 bridgehead atoms. The van der Waals surface area contributed by atoms with Gasteiger partial charge in [0, 0.05) is 18.3 Å². The summed E-state index contributed by atoms with van der Waals surface area (Å²) in [4.78, 5) is 57.2. The maximum absolute atomic E-state index is 13.3. The number of aliphatic carboxylic acids is 1. The summed E-state index contributed by atoms with van der Waals surface area (Å²) in [5.41, 5.74) is 7.27. The number of carbonyl (C=O) groups is 4. The van der Waals surface area contributed by atoms with E-state index in [9.17, 15) is 34.5 Å². The van der Waals surface area contributed by atoms with Crippen molar-refractivity contribution in [1.29, 1.82) is 0 Å². The van der Waals surface area contributed by atoms with Gasteiger partial charge in [-0.15, -0.1) is 0 Å². The lowest BCUT2D eigenvalue weighted by Crippen LogP contribution is -2.59. The summed E-state index contributed by atoms with van der Waals surface area (Å²) in [6, 6.07) is 1.40. The van der Waals surface area contributed by atoms with Gasteiger partial charge in [-0.3, -0.25) is 14.4 Å². The number of phenolic OH excluding ortho intramolecular Hbond substituents is 1. The number of aromatic amines is 1. The van der Waals surface area contributed by atoms with Crippen LogP contribution in [0.15, 0.2) is 36.8 Å². The number of aromatic nitrogens is 2. The van der Waals surface area contributed by atoms with Crippen LogP contribution in [0.4, 0.5) is 0 Å². The molecule has 208 valence electrons. The molecule has 3 amide bonds. The van der Waals surface area contributed by atoms with Gasteiger partial charge >= 0.3 is 5.97 Å². The number of amides is 3. The Bertz CT molecular complexity index is 1070. The van der Waals surface area contributed by atoms with Gasteiger partial charge in [0.1, 0.15) is 17.8 Å². The van der Waals surface area contributed by atoms with E-state index in [1.54, 1.807) is 12.1 Å². The number of carbonyl (C=O) groups excluding carboxylic acids is 3. The topological polar surface area (TPSA) is 220 Å². The molecule has 0 spiro atoms. The van der Waals surface area contributed by atoms with Crippen molar-refractivity contribution in [2.45, 2.75) is 70.3 Å². The van der Waals surface area contributed by atoms with Crippen LogP contribution in [-0.2, 0) is 32.0 Å². The van der Waals surface area contributed by atoms with Gasteiger partial charge in [0.15, 0.2) is 6.04 Å². The average Bonchev–Trinajstić information content (AvgIpc) is 3.35. The second-order valence-corrected chi connectivity index (χ2v) is 9.58. The van der Waals surface area contributed by atoms with Gasteiger partial charge in [-0.05, 0) is 43.4 Å². The number of phenols is 1. The molecule has 38 heavy (non-hydrogen) atoms. The second kappa shape index (κ2) is 14.1. The number of benzene rings is 1. The molecule has 5 atom stereocenters. The number of aliphatic hydroxyl groups is 1. The molecule has 0 radical (unpaired) electrons. The predicted molar refractivity (Wildman–Crippen MR) is 137 cm³/mol. The Morgan fingerprint density at radius 2 is 1.55 bits per heavy atom. The molecule has 0 aliphatic carbocycles. The summed E-state index contributed by atoms with van der Waals surface area (Å²) in [7, 11) is 0. The van der Waals surface area contributed by atoms with Crippen LogP contribution in [0.3, 0.4) is 0 Å². The molecule has 1 aromatic heterocycles. The molecule has 13 heteroatoms. The normalized spacial score (nSPS) is 15.1. The highest BCUT2D eigenvalue weighted by Gasteiger charge is 2.32. The number of nitrogens with zero attached hydrogens (tertiary/aromatic N) is 1. The Balaban J connectivity index is 2.16. The molecule has 5 unspecified atom stereocenters. The molecule has 13 nitrogen and oxygen atoms in total. The van der Waals surface area contributed by atoms with Gasteiger partial charge in [-0.2, -0.15) is 0 Å². The maximum atomic E-state index is 13.3. The van der Waals surface area contributed by atoms with E-state index in [0.717, 1.165) is 5.56 Å². The Kier molecular flexibility index (Phi) is 11.2. The summed E-state index contributed by atoms with van der Waals surface area (Å²) in [5.74, 6) is -3.43. The fraction of sp³-hybridized carbons (Fsp3) is 0.480. The number of carboxylic acids is 1. The first-order valence-electron chi connectivity index (χ1n) is 12.2. The number of carboxylic acid groups (broad SMARTS) is 1. The van der Waals surface area contributed by atoms with E-state index in [4.69, 9.17) is 5.73 Å². The van der Waals surface area contributed by atoms with Gasteiger partial charge < -0.3 is 42.0 Å². The van der Waals surface area contributed by atoms with Gasteiger partial charge in [0.25, 0.3) is 0 Å². The minimum Gasteiger partial charge on any atom is -0.508 e. The fourth-order valence-corrected chi connectivity index (χ4v) is 3.70. The van der Waals surface area contributed by atoms with Crippen molar-refractivity contribution < 1.29 is 34.5 Å². The zero-order chi connectivity index (χ0) is 28.4. The van der Waals surface area contributed by atoms with Crippen LogP contribution in [-0.4, -0.2) is 79.2 Å². The quantitative estimate of drug-likeness (QED) is 0.152. The Hall–Kier alpha value is -3.97. The summed E-state index contributed by atoms with van der Waals surface area (Å²) in [5, 5.41) is 36.0. The Morgan fingerprint density at radius 3 is 2.08 bits per heavy atom. The molecular weight excluding hydrogens is 496 g/mol. The zero-order valence-corrected chi connectivity index (χ0v) is 21.5. The summed E-state index contributed by atoms with van der Waals surface area (Å²) in [6.07, 6.45) is 1.82. The van der Waals surface area contributed by atoms with Gasteiger partial charge in [-0.25, -0.2) is 9.78 Å². The highest BCUT2D eigenvalue weighted by molar-refractivity contribution is 5.94. The van der Waals surface area contributed by atoms with Crippen molar-refractivity contribution in [2.24, 2.45) is 11.7 Å². The third-order valence-electron chi connectivity index (χ3n) is 5.73. The molecule has 2 aromatic rings. The molecule has 1 aromatic carbocycles. The number of aliphatic hydroxyl groups excluding tert-OH is 1. The van der Waals surface area contributed by atoms with Crippen molar-refractivity contribution in [3.05, 3.63) is 48.0 Å². The summed E-state index contributed by atoms with van der Waals surface area (Å²) < 4.78 is 0. The fourth-order valence-electron chi connectivity index (χ4n) is 3.70. The maximum Gasteiger partial charge on any atom is 0.328 e. The minimum absolute atomic E-state index is 0.00844. The van der Waals surface area contributed by atoms with Crippen LogP contribution < -0.4 is 21.7 Å².